The Hall–Kier alpha value is -1.86. The van der Waals surface area contributed by atoms with Crippen LogP contribution in [-0.4, -0.2) is 23.3 Å². The fourth-order valence-electron chi connectivity index (χ4n) is 1.86. The van der Waals surface area contributed by atoms with E-state index in [9.17, 15) is 9.59 Å². The van der Waals surface area contributed by atoms with Crippen molar-refractivity contribution in [3.05, 3.63) is 50.6 Å². The molecule has 2 aromatic rings. The number of carbonyl (C=O) groups is 2. The maximum atomic E-state index is 12.5. The van der Waals surface area contributed by atoms with E-state index in [1.54, 1.807) is 17.5 Å². The van der Waals surface area contributed by atoms with Crippen molar-refractivity contribution in [2.45, 2.75) is 6.54 Å². The highest BCUT2D eigenvalue weighted by Gasteiger charge is 2.21. The van der Waals surface area contributed by atoms with Crippen molar-refractivity contribution in [3.8, 4) is 0 Å². The first kappa shape index (κ1) is 15.5. The van der Waals surface area contributed by atoms with Gasteiger partial charge in [0.25, 0.3) is 5.91 Å². The summed E-state index contributed by atoms with van der Waals surface area (Å²) in [6, 6.07) is 9.01. The molecule has 0 unspecified atom stereocenters. The number of nitrogens with zero attached hydrogens (tertiary/aromatic N) is 1. The Labute approximate surface area is 134 Å². The van der Waals surface area contributed by atoms with E-state index in [1.807, 2.05) is 18.2 Å². The minimum absolute atomic E-state index is 0.155. The number of rotatable bonds is 5. The van der Waals surface area contributed by atoms with Crippen LogP contribution in [0.3, 0.4) is 0 Å². The summed E-state index contributed by atoms with van der Waals surface area (Å²) in [6.45, 7) is 0.0797. The van der Waals surface area contributed by atoms with Crippen molar-refractivity contribution < 1.29 is 9.59 Å². The van der Waals surface area contributed by atoms with Gasteiger partial charge >= 0.3 is 0 Å². The third-order valence-electron chi connectivity index (χ3n) is 2.86. The Balaban J connectivity index is 2.27. The molecule has 4 N–H and O–H groups in total. The van der Waals surface area contributed by atoms with Gasteiger partial charge in [0, 0.05) is 16.7 Å². The first-order valence-electron chi connectivity index (χ1n) is 6.13. The Bertz CT molecular complexity index is 672. The van der Waals surface area contributed by atoms with Crippen LogP contribution in [0.2, 0.25) is 0 Å². The van der Waals surface area contributed by atoms with Gasteiger partial charge in [-0.25, -0.2) is 0 Å². The predicted molar refractivity (Wildman–Crippen MR) is 86.8 cm³/mol. The summed E-state index contributed by atoms with van der Waals surface area (Å²) in [5, 5.41) is 1.80. The molecule has 0 spiro atoms. The van der Waals surface area contributed by atoms with Gasteiger partial charge in [-0.1, -0.05) is 18.2 Å². The summed E-state index contributed by atoms with van der Waals surface area (Å²) >= 11 is 4.63. The maximum Gasteiger partial charge on any atom is 0.265 e. The van der Waals surface area contributed by atoms with Crippen LogP contribution in [0.15, 0.2) is 40.2 Å². The number of primary amides is 1. The van der Waals surface area contributed by atoms with E-state index in [0.29, 0.717) is 15.0 Å². The molecule has 0 bridgehead atoms. The summed E-state index contributed by atoms with van der Waals surface area (Å²) in [7, 11) is 0. The molecule has 0 aliphatic heterocycles. The Kier molecular flexibility index (Phi) is 4.98. The quantitative estimate of drug-likeness (QED) is 0.793. The zero-order chi connectivity index (χ0) is 15.4. The highest BCUT2D eigenvalue weighted by atomic mass is 79.9. The van der Waals surface area contributed by atoms with E-state index in [1.165, 1.54) is 16.2 Å². The monoisotopic (exact) mass is 367 g/mol. The van der Waals surface area contributed by atoms with Crippen LogP contribution in [0.4, 0.5) is 5.69 Å². The fourth-order valence-corrected chi connectivity index (χ4v) is 3.37. The molecular formula is C14H14BrN3O2S. The van der Waals surface area contributed by atoms with Crippen molar-refractivity contribution in [1.29, 1.82) is 0 Å². The molecule has 0 atom stereocenters. The normalized spacial score (nSPS) is 10.3. The number of benzene rings is 1. The minimum atomic E-state index is -0.564. The molecule has 7 heteroatoms. The van der Waals surface area contributed by atoms with E-state index >= 15 is 0 Å². The van der Waals surface area contributed by atoms with Crippen molar-refractivity contribution in [2.75, 3.05) is 12.3 Å². The van der Waals surface area contributed by atoms with Crippen LogP contribution < -0.4 is 11.5 Å². The molecule has 2 amide bonds. The van der Waals surface area contributed by atoms with Crippen LogP contribution in [0.5, 0.6) is 0 Å². The lowest BCUT2D eigenvalue weighted by molar-refractivity contribution is -0.118. The molecule has 0 saturated carbocycles. The number of anilines is 1. The van der Waals surface area contributed by atoms with E-state index in [0.717, 1.165) is 5.56 Å². The van der Waals surface area contributed by atoms with Crippen LogP contribution in [0.25, 0.3) is 0 Å². The first-order valence-corrected chi connectivity index (χ1v) is 7.80. The minimum Gasteiger partial charge on any atom is -0.398 e. The molecule has 0 radical (unpaired) electrons. The van der Waals surface area contributed by atoms with Gasteiger partial charge in [-0.2, -0.15) is 0 Å². The summed E-state index contributed by atoms with van der Waals surface area (Å²) < 4.78 is 0.702. The number of nitrogens with two attached hydrogens (primary N) is 2. The fraction of sp³-hybridized carbons (Fsp3) is 0.143. The largest absolute Gasteiger partial charge is 0.398 e. The second-order valence-electron chi connectivity index (χ2n) is 4.42. The molecule has 21 heavy (non-hydrogen) atoms. The highest BCUT2D eigenvalue weighted by Crippen LogP contribution is 2.25. The first-order chi connectivity index (χ1) is 9.99. The van der Waals surface area contributed by atoms with Gasteiger partial charge in [0.05, 0.1) is 0 Å². The molecule has 5 nitrogen and oxygen atoms in total. The molecule has 1 aromatic heterocycles. The highest BCUT2D eigenvalue weighted by molar-refractivity contribution is 9.10. The van der Waals surface area contributed by atoms with Gasteiger partial charge < -0.3 is 16.4 Å². The SMILES string of the molecule is NC(=O)CN(Cc1ccccc1N)C(=O)c1sccc1Br. The van der Waals surface area contributed by atoms with E-state index in [-0.39, 0.29) is 19.0 Å². The number of thiophene rings is 1. The summed E-state index contributed by atoms with van der Waals surface area (Å²) in [6.07, 6.45) is 0. The van der Waals surface area contributed by atoms with Crippen LogP contribution in [0, 0.1) is 0 Å². The lowest BCUT2D eigenvalue weighted by Crippen LogP contribution is -2.38. The lowest BCUT2D eigenvalue weighted by atomic mass is 10.1. The predicted octanol–water partition coefficient (Wildman–Crippen LogP) is 2.22. The number of hydrogen-bond acceptors (Lipinski definition) is 4. The van der Waals surface area contributed by atoms with Crippen molar-refractivity contribution in [1.82, 2.24) is 4.90 Å². The molecular weight excluding hydrogens is 354 g/mol. The number of nitrogen functional groups attached to an aromatic ring is 1. The third kappa shape index (κ3) is 3.83. The van der Waals surface area contributed by atoms with Gasteiger partial charge in [-0.15, -0.1) is 11.3 Å². The molecule has 1 heterocycles. The van der Waals surface area contributed by atoms with Crippen molar-refractivity contribution in [3.63, 3.8) is 0 Å². The van der Waals surface area contributed by atoms with Crippen LogP contribution in [0.1, 0.15) is 15.2 Å². The third-order valence-corrected chi connectivity index (χ3v) is 4.69. The summed E-state index contributed by atoms with van der Waals surface area (Å²) in [5.41, 5.74) is 12.5. The van der Waals surface area contributed by atoms with Crippen LogP contribution >= 0.6 is 27.3 Å². The van der Waals surface area contributed by atoms with Crippen LogP contribution in [-0.2, 0) is 11.3 Å². The standard InChI is InChI=1S/C14H14BrN3O2S/c15-10-5-6-21-13(10)14(20)18(8-12(17)19)7-9-3-1-2-4-11(9)16/h1-6H,7-8,16H2,(H2,17,19). The average Bonchev–Trinajstić information content (AvgIpc) is 2.85. The second kappa shape index (κ2) is 6.73. The Morgan fingerprint density at radius 2 is 1.95 bits per heavy atom. The summed E-state index contributed by atoms with van der Waals surface area (Å²) in [4.78, 5) is 25.7. The number of amides is 2. The average molecular weight is 368 g/mol. The van der Waals surface area contributed by atoms with Gasteiger partial charge in [0.2, 0.25) is 5.91 Å². The zero-order valence-electron chi connectivity index (χ0n) is 11.1. The van der Waals surface area contributed by atoms with Gasteiger partial charge in [-0.05, 0) is 39.0 Å². The molecule has 0 fully saturated rings. The molecule has 0 saturated heterocycles. The second-order valence-corrected chi connectivity index (χ2v) is 6.19. The molecule has 0 aliphatic carbocycles. The Morgan fingerprint density at radius 1 is 1.24 bits per heavy atom. The van der Waals surface area contributed by atoms with Crippen molar-refractivity contribution in [2.24, 2.45) is 5.73 Å². The van der Waals surface area contributed by atoms with Gasteiger partial charge in [-0.3, -0.25) is 9.59 Å². The van der Waals surface area contributed by atoms with E-state index in [4.69, 9.17) is 11.5 Å². The number of hydrogen-bond donors (Lipinski definition) is 2. The Morgan fingerprint density at radius 3 is 2.52 bits per heavy atom. The van der Waals surface area contributed by atoms with E-state index < -0.39 is 5.91 Å². The van der Waals surface area contributed by atoms with Gasteiger partial charge in [0.1, 0.15) is 11.4 Å². The number of para-hydroxylation sites is 1. The lowest BCUT2D eigenvalue weighted by Gasteiger charge is -2.21. The number of carbonyl (C=O) groups excluding carboxylic acids is 2. The zero-order valence-corrected chi connectivity index (χ0v) is 13.5. The molecule has 0 aliphatic rings. The summed E-state index contributed by atoms with van der Waals surface area (Å²) in [5.74, 6) is -0.815. The van der Waals surface area contributed by atoms with E-state index in [2.05, 4.69) is 15.9 Å². The molecule has 110 valence electrons. The maximum absolute atomic E-state index is 12.5. The van der Waals surface area contributed by atoms with Gasteiger partial charge in [0.15, 0.2) is 0 Å². The van der Waals surface area contributed by atoms with Crippen molar-refractivity contribution >= 4 is 44.8 Å². The molecule has 2 rings (SSSR count). The number of halogens is 1. The molecule has 1 aromatic carbocycles. The smallest absolute Gasteiger partial charge is 0.265 e. The topological polar surface area (TPSA) is 89.4 Å².